The Hall–Kier alpha value is -4.07. The Labute approximate surface area is 160 Å². The van der Waals surface area contributed by atoms with Gasteiger partial charge in [0.25, 0.3) is 5.78 Å². The number of hydrogen-bond donors (Lipinski definition) is 1. The lowest BCUT2D eigenvalue weighted by molar-refractivity contribution is 0.922. The van der Waals surface area contributed by atoms with Gasteiger partial charge in [0.1, 0.15) is 24.3 Å². The van der Waals surface area contributed by atoms with Gasteiger partial charge in [-0.15, -0.1) is 0 Å². The van der Waals surface area contributed by atoms with Crippen molar-refractivity contribution in [3.63, 3.8) is 0 Å². The largest absolute Gasteiger partial charge is 0.366 e. The van der Waals surface area contributed by atoms with Crippen LogP contribution in [-0.2, 0) is 6.54 Å². The van der Waals surface area contributed by atoms with E-state index in [-0.39, 0.29) is 0 Å². The quantitative estimate of drug-likeness (QED) is 0.513. The number of imidazole rings is 1. The zero-order valence-electron chi connectivity index (χ0n) is 14.8. The zero-order valence-corrected chi connectivity index (χ0v) is 14.8. The van der Waals surface area contributed by atoms with Crippen LogP contribution >= 0.6 is 0 Å². The van der Waals surface area contributed by atoms with Crippen LogP contribution < -0.4 is 5.32 Å². The molecule has 0 amide bonds. The van der Waals surface area contributed by atoms with Crippen molar-refractivity contribution < 1.29 is 0 Å². The minimum atomic E-state index is 0.553. The molecule has 5 rings (SSSR count). The van der Waals surface area contributed by atoms with Crippen LogP contribution in [0.5, 0.6) is 0 Å². The van der Waals surface area contributed by atoms with Gasteiger partial charge in [-0.2, -0.15) is 14.6 Å². The van der Waals surface area contributed by atoms with Crippen molar-refractivity contribution in [3.8, 4) is 17.1 Å². The van der Waals surface area contributed by atoms with Crippen LogP contribution in [0.1, 0.15) is 5.56 Å². The average molecular weight is 368 g/mol. The van der Waals surface area contributed by atoms with E-state index < -0.39 is 0 Å². The lowest BCUT2D eigenvalue weighted by Crippen LogP contribution is -2.07. The summed E-state index contributed by atoms with van der Waals surface area (Å²) in [7, 11) is 0. The van der Waals surface area contributed by atoms with Crippen LogP contribution in [0.15, 0.2) is 79.8 Å². The zero-order chi connectivity index (χ0) is 18.8. The predicted octanol–water partition coefficient (Wildman–Crippen LogP) is 2.98. The summed E-state index contributed by atoms with van der Waals surface area (Å²) < 4.78 is 3.57. The minimum absolute atomic E-state index is 0.553. The molecule has 0 aliphatic heterocycles. The minimum Gasteiger partial charge on any atom is -0.366 e. The maximum absolute atomic E-state index is 4.60. The highest BCUT2D eigenvalue weighted by Gasteiger charge is 2.09. The van der Waals surface area contributed by atoms with Crippen molar-refractivity contribution >= 4 is 11.6 Å². The lowest BCUT2D eigenvalue weighted by Gasteiger charge is -2.11. The molecule has 5 aromatic rings. The summed E-state index contributed by atoms with van der Waals surface area (Å²) in [5.74, 6) is 2.20. The van der Waals surface area contributed by atoms with Crippen molar-refractivity contribution in [1.82, 2.24) is 34.1 Å². The van der Waals surface area contributed by atoms with Gasteiger partial charge in [0.05, 0.1) is 5.69 Å². The Kier molecular flexibility index (Phi) is 3.98. The molecule has 28 heavy (non-hydrogen) atoms. The van der Waals surface area contributed by atoms with Crippen molar-refractivity contribution in [1.29, 1.82) is 0 Å². The number of benzene rings is 1. The lowest BCUT2D eigenvalue weighted by atomic mass is 10.1. The van der Waals surface area contributed by atoms with E-state index in [0.717, 1.165) is 28.5 Å². The summed E-state index contributed by atoms with van der Waals surface area (Å²) in [5, 5.41) is 7.72. The summed E-state index contributed by atoms with van der Waals surface area (Å²) in [6.07, 6.45) is 8.63. The van der Waals surface area contributed by atoms with Crippen molar-refractivity contribution in [2.45, 2.75) is 6.54 Å². The van der Waals surface area contributed by atoms with Gasteiger partial charge in [-0.25, -0.2) is 15.0 Å². The van der Waals surface area contributed by atoms with Crippen LogP contribution in [0.4, 0.5) is 5.82 Å². The highest BCUT2D eigenvalue weighted by molar-refractivity contribution is 5.65. The van der Waals surface area contributed by atoms with Gasteiger partial charge in [-0.05, 0) is 17.7 Å². The van der Waals surface area contributed by atoms with Gasteiger partial charge in [0.2, 0.25) is 0 Å². The Bertz CT molecular complexity index is 1210. The molecule has 136 valence electrons. The first-order chi connectivity index (χ1) is 13.9. The van der Waals surface area contributed by atoms with E-state index in [0.29, 0.717) is 12.3 Å². The first kappa shape index (κ1) is 16.1. The van der Waals surface area contributed by atoms with E-state index >= 15 is 0 Å². The molecular formula is C20H16N8. The Morgan fingerprint density at radius 1 is 0.964 bits per heavy atom. The molecule has 1 N–H and O–H groups in total. The predicted molar refractivity (Wildman–Crippen MR) is 105 cm³/mol. The second-order valence-corrected chi connectivity index (χ2v) is 6.21. The molecule has 1 aromatic carbocycles. The van der Waals surface area contributed by atoms with E-state index in [1.807, 2.05) is 59.3 Å². The number of rotatable bonds is 5. The number of aromatic nitrogens is 7. The molecule has 0 aliphatic rings. The Morgan fingerprint density at radius 2 is 1.89 bits per heavy atom. The third-order valence-electron chi connectivity index (χ3n) is 4.37. The Morgan fingerprint density at radius 3 is 2.75 bits per heavy atom. The molecule has 8 heteroatoms. The second kappa shape index (κ2) is 6.92. The summed E-state index contributed by atoms with van der Waals surface area (Å²) in [6.45, 7) is 0.609. The smallest absolute Gasteiger partial charge is 0.254 e. The molecule has 0 fully saturated rings. The van der Waals surface area contributed by atoms with Crippen LogP contribution in [0.3, 0.4) is 0 Å². The molecule has 0 bridgehead atoms. The van der Waals surface area contributed by atoms with Crippen molar-refractivity contribution in [3.05, 3.63) is 85.3 Å². The second-order valence-electron chi connectivity index (χ2n) is 6.21. The molecule has 0 unspecified atom stereocenters. The van der Waals surface area contributed by atoms with E-state index in [9.17, 15) is 0 Å². The molecule has 8 nitrogen and oxygen atoms in total. The third-order valence-corrected chi connectivity index (χ3v) is 4.37. The molecule has 0 spiro atoms. The summed E-state index contributed by atoms with van der Waals surface area (Å²) in [6, 6.07) is 16.0. The molecule has 0 radical (unpaired) electrons. The highest BCUT2D eigenvalue weighted by atomic mass is 15.3. The van der Waals surface area contributed by atoms with Gasteiger partial charge in [0, 0.05) is 36.8 Å². The van der Waals surface area contributed by atoms with Crippen LogP contribution in [0.25, 0.3) is 22.9 Å². The van der Waals surface area contributed by atoms with Gasteiger partial charge in [0.15, 0.2) is 0 Å². The fraction of sp³-hybridized carbons (Fsp3) is 0.0500. The summed E-state index contributed by atoms with van der Waals surface area (Å²) >= 11 is 0. The maximum Gasteiger partial charge on any atom is 0.254 e. The van der Waals surface area contributed by atoms with Crippen LogP contribution in [0, 0.1) is 0 Å². The van der Waals surface area contributed by atoms with Gasteiger partial charge in [-0.1, -0.05) is 30.3 Å². The van der Waals surface area contributed by atoms with Gasteiger partial charge < -0.3 is 5.32 Å². The molecule has 0 saturated carbocycles. The molecule has 4 aromatic heterocycles. The Balaban J connectivity index is 1.45. The van der Waals surface area contributed by atoms with Crippen LogP contribution in [-0.4, -0.2) is 34.1 Å². The van der Waals surface area contributed by atoms with E-state index in [1.165, 1.54) is 6.33 Å². The number of fused-ring (bicyclic) bond motifs is 1. The summed E-state index contributed by atoms with van der Waals surface area (Å²) in [4.78, 5) is 17.3. The van der Waals surface area contributed by atoms with Crippen molar-refractivity contribution in [2.75, 3.05) is 5.32 Å². The van der Waals surface area contributed by atoms with Crippen molar-refractivity contribution in [2.24, 2.45) is 0 Å². The summed E-state index contributed by atoms with van der Waals surface area (Å²) in [5.41, 5.74) is 2.96. The third kappa shape index (κ3) is 3.07. The number of pyridine rings is 1. The first-order valence-electron chi connectivity index (χ1n) is 8.80. The molecule has 0 atom stereocenters. The maximum atomic E-state index is 4.60. The van der Waals surface area contributed by atoms with E-state index in [4.69, 9.17) is 0 Å². The van der Waals surface area contributed by atoms with Gasteiger partial charge >= 0.3 is 0 Å². The molecule has 0 aliphatic carbocycles. The monoisotopic (exact) mass is 368 g/mol. The fourth-order valence-electron chi connectivity index (χ4n) is 2.99. The van der Waals surface area contributed by atoms with Crippen LogP contribution in [0.2, 0.25) is 0 Å². The highest BCUT2D eigenvalue weighted by Crippen LogP contribution is 2.21. The van der Waals surface area contributed by atoms with E-state index in [2.05, 4.69) is 30.4 Å². The fourth-order valence-corrected chi connectivity index (χ4v) is 2.99. The molecule has 4 heterocycles. The van der Waals surface area contributed by atoms with Gasteiger partial charge in [-0.3, -0.25) is 4.57 Å². The SMILES string of the molecule is c1ccc(-c2cc(NCc3ccnc(-n4ccnc4)c3)n3ncnc3n2)cc1. The van der Waals surface area contributed by atoms with E-state index in [1.54, 1.807) is 23.2 Å². The standard InChI is InChI=1S/C20H16N8/c1-2-4-16(5-3-1)17-11-19(28-20(26-17)24-13-25-28)23-12-15-6-7-22-18(10-15)27-9-8-21-14-27/h1-11,13-14,23H,12H2. The average Bonchev–Trinajstić information content (AvgIpc) is 3.45. The number of nitrogens with one attached hydrogen (secondary N) is 1. The topological polar surface area (TPSA) is 85.8 Å². The molecule has 0 saturated heterocycles. The first-order valence-corrected chi connectivity index (χ1v) is 8.80. The number of hydrogen-bond acceptors (Lipinski definition) is 6. The molecular weight excluding hydrogens is 352 g/mol. The number of anilines is 1. The number of nitrogens with zero attached hydrogens (tertiary/aromatic N) is 7. The normalized spacial score (nSPS) is 11.0.